The summed E-state index contributed by atoms with van der Waals surface area (Å²) in [6.07, 6.45) is -6.90. The molecular weight excluding hydrogens is 433 g/mol. The summed E-state index contributed by atoms with van der Waals surface area (Å²) < 4.78 is 47.3. The molecular formula is C20H27F3N4O5. The molecule has 0 aliphatic carbocycles. The maximum atomic E-state index is 12.3. The Hall–Kier alpha value is -3.31. The minimum absolute atomic E-state index is 0.266. The number of rotatable bonds is 3. The summed E-state index contributed by atoms with van der Waals surface area (Å²) in [6, 6.07) is 5.89. The number of amides is 3. The summed E-state index contributed by atoms with van der Waals surface area (Å²) >= 11 is 0. The van der Waals surface area contributed by atoms with Gasteiger partial charge in [0.05, 0.1) is 0 Å². The number of guanidine groups is 1. The molecule has 3 N–H and O–H groups in total. The molecule has 0 aromatic heterocycles. The number of carbonyl (C=O) groups is 3. The van der Waals surface area contributed by atoms with Crippen LogP contribution in [0.2, 0.25) is 0 Å². The number of alkyl carbamates (subject to hydrolysis) is 1. The van der Waals surface area contributed by atoms with Crippen LogP contribution in [0.15, 0.2) is 29.3 Å². The molecule has 0 fully saturated rings. The first-order valence-corrected chi connectivity index (χ1v) is 9.47. The van der Waals surface area contributed by atoms with Gasteiger partial charge in [0.25, 0.3) is 0 Å². The molecule has 12 heteroatoms. The van der Waals surface area contributed by atoms with Gasteiger partial charge in [0.2, 0.25) is 5.96 Å². The second-order valence-electron chi connectivity index (χ2n) is 8.57. The van der Waals surface area contributed by atoms with E-state index < -0.39 is 42.0 Å². The third kappa shape index (κ3) is 11.2. The predicted molar refractivity (Wildman–Crippen MR) is 111 cm³/mol. The molecule has 0 bridgehead atoms. The summed E-state index contributed by atoms with van der Waals surface area (Å²) in [4.78, 5) is 38.8. The lowest BCUT2D eigenvalue weighted by Crippen LogP contribution is -2.40. The average molecular weight is 460 g/mol. The molecule has 3 amide bonds. The number of anilines is 1. The van der Waals surface area contributed by atoms with Gasteiger partial charge >= 0.3 is 24.3 Å². The van der Waals surface area contributed by atoms with Crippen LogP contribution >= 0.6 is 0 Å². The van der Waals surface area contributed by atoms with Gasteiger partial charge in [-0.15, -0.1) is 4.99 Å². The van der Waals surface area contributed by atoms with Crippen molar-refractivity contribution in [2.24, 2.45) is 4.99 Å². The summed E-state index contributed by atoms with van der Waals surface area (Å²) in [7, 11) is 0. The van der Waals surface area contributed by atoms with Gasteiger partial charge in [0.1, 0.15) is 11.2 Å². The lowest BCUT2D eigenvalue weighted by atomic mass is 10.2. The van der Waals surface area contributed by atoms with Gasteiger partial charge in [-0.2, -0.15) is 13.2 Å². The Morgan fingerprint density at radius 1 is 0.969 bits per heavy atom. The van der Waals surface area contributed by atoms with E-state index in [0.29, 0.717) is 5.56 Å². The zero-order valence-corrected chi connectivity index (χ0v) is 18.6. The highest BCUT2D eigenvalue weighted by Crippen LogP contribution is 2.16. The van der Waals surface area contributed by atoms with Crippen molar-refractivity contribution in [3.8, 4) is 0 Å². The van der Waals surface area contributed by atoms with Gasteiger partial charge in [-0.05, 0) is 59.2 Å². The molecule has 0 saturated carbocycles. The maximum absolute atomic E-state index is 12.3. The Balaban J connectivity index is 3.02. The highest BCUT2D eigenvalue weighted by molar-refractivity contribution is 6.06. The van der Waals surface area contributed by atoms with Crippen molar-refractivity contribution in [2.75, 3.05) is 5.32 Å². The van der Waals surface area contributed by atoms with Gasteiger partial charge in [0.15, 0.2) is 0 Å². The molecule has 178 valence electrons. The summed E-state index contributed by atoms with van der Waals surface area (Å²) in [6.45, 7) is 9.43. The van der Waals surface area contributed by atoms with Crippen LogP contribution in [0.3, 0.4) is 0 Å². The Bertz CT molecular complexity index is 871. The van der Waals surface area contributed by atoms with Crippen molar-refractivity contribution in [3.05, 3.63) is 29.8 Å². The first-order valence-electron chi connectivity index (χ1n) is 9.47. The van der Waals surface area contributed by atoms with Crippen molar-refractivity contribution in [1.29, 1.82) is 0 Å². The lowest BCUT2D eigenvalue weighted by molar-refractivity contribution is -0.173. The van der Waals surface area contributed by atoms with E-state index in [0.717, 1.165) is 0 Å². The number of hydrogen-bond acceptors (Lipinski definition) is 5. The minimum Gasteiger partial charge on any atom is -0.444 e. The number of benzene rings is 1. The maximum Gasteiger partial charge on any atom is 0.471 e. The Labute approximate surface area is 183 Å². The molecule has 9 nitrogen and oxygen atoms in total. The molecule has 0 spiro atoms. The summed E-state index contributed by atoms with van der Waals surface area (Å²) in [5, 5.41) is 6.71. The fourth-order valence-electron chi connectivity index (χ4n) is 2.04. The van der Waals surface area contributed by atoms with Gasteiger partial charge in [-0.1, -0.05) is 12.1 Å². The van der Waals surface area contributed by atoms with E-state index in [1.807, 2.05) is 0 Å². The molecule has 0 aliphatic heterocycles. The number of carbonyl (C=O) groups excluding carboxylic acids is 3. The predicted octanol–water partition coefficient (Wildman–Crippen LogP) is 4.09. The Kier molecular flexibility index (Phi) is 8.63. The zero-order valence-electron chi connectivity index (χ0n) is 18.6. The molecule has 32 heavy (non-hydrogen) atoms. The smallest absolute Gasteiger partial charge is 0.444 e. The van der Waals surface area contributed by atoms with Crippen LogP contribution in [0.1, 0.15) is 47.1 Å². The first-order chi connectivity index (χ1) is 14.4. The molecule has 0 saturated heterocycles. The second kappa shape index (κ2) is 10.3. The van der Waals surface area contributed by atoms with Gasteiger partial charge in [-0.25, -0.2) is 9.59 Å². The molecule has 1 aromatic carbocycles. The SMILES string of the molecule is CC(C)(C)OC(=O)N=C(NC(=O)OC(C)(C)C)Nc1cccc(CNC(=O)C(F)(F)F)c1. The third-order valence-electron chi connectivity index (χ3n) is 3.12. The fraction of sp³-hybridized carbons (Fsp3) is 0.500. The topological polar surface area (TPSA) is 118 Å². The van der Waals surface area contributed by atoms with Crippen LogP contribution in [-0.2, 0) is 20.8 Å². The average Bonchev–Trinajstić information content (AvgIpc) is 2.55. The number of halogens is 3. The van der Waals surface area contributed by atoms with E-state index in [9.17, 15) is 27.6 Å². The number of alkyl halides is 3. The van der Waals surface area contributed by atoms with E-state index in [1.165, 1.54) is 24.3 Å². The third-order valence-corrected chi connectivity index (χ3v) is 3.12. The highest BCUT2D eigenvalue weighted by atomic mass is 19.4. The number of nitrogens with zero attached hydrogens (tertiary/aromatic N) is 1. The number of nitrogens with one attached hydrogen (secondary N) is 3. The lowest BCUT2D eigenvalue weighted by Gasteiger charge is -2.21. The summed E-state index contributed by atoms with van der Waals surface area (Å²) in [5.74, 6) is -2.40. The van der Waals surface area contributed by atoms with Crippen LogP contribution in [0.25, 0.3) is 0 Å². The van der Waals surface area contributed by atoms with Crippen LogP contribution in [0.4, 0.5) is 28.4 Å². The van der Waals surface area contributed by atoms with Crippen LogP contribution < -0.4 is 16.0 Å². The van der Waals surface area contributed by atoms with E-state index in [-0.39, 0.29) is 11.6 Å². The van der Waals surface area contributed by atoms with Gasteiger partial charge < -0.3 is 20.1 Å². The normalized spacial score (nSPS) is 12.6. The molecule has 0 unspecified atom stereocenters. The minimum atomic E-state index is -5.00. The van der Waals surface area contributed by atoms with Crippen molar-refractivity contribution < 1.29 is 37.0 Å². The zero-order chi connectivity index (χ0) is 24.7. The monoisotopic (exact) mass is 460 g/mol. The van der Waals surface area contributed by atoms with E-state index in [1.54, 1.807) is 46.9 Å². The van der Waals surface area contributed by atoms with Crippen molar-refractivity contribution in [1.82, 2.24) is 10.6 Å². The first kappa shape index (κ1) is 26.7. The Morgan fingerprint density at radius 2 is 1.56 bits per heavy atom. The molecule has 0 atom stereocenters. The molecule has 0 radical (unpaired) electrons. The number of hydrogen-bond donors (Lipinski definition) is 3. The van der Waals surface area contributed by atoms with Crippen LogP contribution in [0.5, 0.6) is 0 Å². The van der Waals surface area contributed by atoms with Gasteiger partial charge in [-0.3, -0.25) is 10.1 Å². The number of ether oxygens (including phenoxy) is 2. The molecule has 1 aromatic rings. The van der Waals surface area contributed by atoms with E-state index in [2.05, 4.69) is 15.6 Å². The standard InChI is InChI=1S/C20H27F3N4O5/c1-18(2,3)31-16(29)26-15(27-17(30)32-19(4,5)6)25-13-9-7-8-12(10-13)11-24-14(28)20(21,22)23/h7-10H,11H2,1-6H3,(H,24,28)(H2,25,26,27,29,30). The van der Waals surface area contributed by atoms with Crippen molar-refractivity contribution >= 4 is 29.7 Å². The van der Waals surface area contributed by atoms with E-state index >= 15 is 0 Å². The quantitative estimate of drug-likeness (QED) is 0.462. The van der Waals surface area contributed by atoms with Crippen molar-refractivity contribution in [3.63, 3.8) is 0 Å². The van der Waals surface area contributed by atoms with Crippen LogP contribution in [-0.4, -0.2) is 41.4 Å². The Morgan fingerprint density at radius 3 is 2.09 bits per heavy atom. The largest absolute Gasteiger partial charge is 0.471 e. The molecule has 0 heterocycles. The highest BCUT2D eigenvalue weighted by Gasteiger charge is 2.38. The second-order valence-corrected chi connectivity index (χ2v) is 8.57. The van der Waals surface area contributed by atoms with Crippen molar-refractivity contribution in [2.45, 2.75) is 65.5 Å². The van der Waals surface area contributed by atoms with Gasteiger partial charge in [0, 0.05) is 12.2 Å². The number of aliphatic imine (C=N–C) groups is 1. The summed E-state index contributed by atoms with van der Waals surface area (Å²) in [5.41, 5.74) is -1.07. The molecule has 1 rings (SSSR count). The molecule has 0 aliphatic rings. The van der Waals surface area contributed by atoms with E-state index in [4.69, 9.17) is 9.47 Å². The fourth-order valence-corrected chi connectivity index (χ4v) is 2.04. The van der Waals surface area contributed by atoms with Crippen LogP contribution in [0, 0.1) is 0 Å².